The zero-order valence-corrected chi connectivity index (χ0v) is 11.7. The predicted molar refractivity (Wildman–Crippen MR) is 75.3 cm³/mol. The Kier molecular flexibility index (Phi) is 7.46. The number of benzene rings is 1. The van der Waals surface area contributed by atoms with Crippen LogP contribution < -0.4 is 10.1 Å². The number of rotatable bonds is 9. The summed E-state index contributed by atoms with van der Waals surface area (Å²) in [5, 5.41) is 3.36. The van der Waals surface area contributed by atoms with E-state index in [0.29, 0.717) is 6.61 Å². The zero-order chi connectivity index (χ0) is 13.2. The van der Waals surface area contributed by atoms with E-state index in [0.717, 1.165) is 31.7 Å². The van der Waals surface area contributed by atoms with Crippen molar-refractivity contribution in [2.45, 2.75) is 32.8 Å². The van der Waals surface area contributed by atoms with E-state index in [1.165, 1.54) is 5.56 Å². The van der Waals surface area contributed by atoms with Crippen molar-refractivity contribution in [2.24, 2.45) is 0 Å². The van der Waals surface area contributed by atoms with E-state index < -0.39 is 0 Å². The molecule has 0 bridgehead atoms. The van der Waals surface area contributed by atoms with Crippen molar-refractivity contribution >= 4 is 0 Å². The molecule has 0 fully saturated rings. The van der Waals surface area contributed by atoms with Gasteiger partial charge in [0.15, 0.2) is 0 Å². The van der Waals surface area contributed by atoms with Crippen LogP contribution in [0.15, 0.2) is 24.3 Å². The molecule has 0 saturated carbocycles. The second-order valence-electron chi connectivity index (χ2n) is 4.40. The van der Waals surface area contributed by atoms with E-state index in [-0.39, 0.29) is 6.10 Å². The van der Waals surface area contributed by atoms with Gasteiger partial charge in [0, 0.05) is 13.7 Å². The molecule has 1 unspecified atom stereocenters. The average molecular weight is 251 g/mol. The number of methoxy groups -OCH3 is 1. The molecule has 3 heteroatoms. The van der Waals surface area contributed by atoms with Gasteiger partial charge in [-0.05, 0) is 37.1 Å². The molecule has 1 rings (SSSR count). The first kappa shape index (κ1) is 15.0. The third kappa shape index (κ3) is 5.52. The largest absolute Gasteiger partial charge is 0.487 e. The molecule has 0 aliphatic rings. The Hall–Kier alpha value is -1.06. The molecule has 0 aromatic heterocycles. The van der Waals surface area contributed by atoms with Crippen LogP contribution in [0, 0.1) is 0 Å². The van der Waals surface area contributed by atoms with Crippen LogP contribution in [0.25, 0.3) is 0 Å². The molecule has 0 heterocycles. The normalized spacial score (nSPS) is 12.4. The van der Waals surface area contributed by atoms with Crippen LogP contribution in [0.4, 0.5) is 0 Å². The highest BCUT2D eigenvalue weighted by Crippen LogP contribution is 2.15. The summed E-state index contributed by atoms with van der Waals surface area (Å²) in [5.41, 5.74) is 1.30. The van der Waals surface area contributed by atoms with Crippen molar-refractivity contribution in [3.05, 3.63) is 29.8 Å². The Labute approximate surface area is 110 Å². The molecule has 0 aliphatic carbocycles. The molecule has 1 aromatic rings. The van der Waals surface area contributed by atoms with Crippen LogP contribution in [0.5, 0.6) is 5.75 Å². The summed E-state index contributed by atoms with van der Waals surface area (Å²) in [4.78, 5) is 0. The van der Waals surface area contributed by atoms with Gasteiger partial charge in [-0.1, -0.05) is 26.0 Å². The molecule has 1 atom stereocenters. The van der Waals surface area contributed by atoms with Gasteiger partial charge in [0.05, 0.1) is 6.61 Å². The third-order valence-corrected chi connectivity index (χ3v) is 2.76. The molecular formula is C15H25NO2. The molecular weight excluding hydrogens is 226 g/mol. The molecule has 1 N–H and O–H groups in total. The van der Waals surface area contributed by atoms with Gasteiger partial charge in [-0.15, -0.1) is 0 Å². The maximum Gasteiger partial charge on any atom is 0.134 e. The second kappa shape index (κ2) is 8.95. The Morgan fingerprint density at radius 2 is 2.11 bits per heavy atom. The Morgan fingerprint density at radius 1 is 1.28 bits per heavy atom. The Bertz CT molecular complexity index is 328. The van der Waals surface area contributed by atoms with Crippen molar-refractivity contribution in [1.29, 1.82) is 0 Å². The predicted octanol–water partition coefficient (Wildman–Crippen LogP) is 2.64. The molecule has 0 amide bonds. The first-order valence-corrected chi connectivity index (χ1v) is 6.75. The summed E-state index contributed by atoms with van der Waals surface area (Å²) >= 11 is 0. The van der Waals surface area contributed by atoms with E-state index in [1.807, 2.05) is 12.1 Å². The molecule has 18 heavy (non-hydrogen) atoms. The van der Waals surface area contributed by atoms with Crippen molar-refractivity contribution in [1.82, 2.24) is 5.32 Å². The van der Waals surface area contributed by atoms with Crippen molar-refractivity contribution < 1.29 is 9.47 Å². The Balaban J connectivity index is 2.52. The highest BCUT2D eigenvalue weighted by atomic mass is 16.5. The topological polar surface area (TPSA) is 30.5 Å². The second-order valence-corrected chi connectivity index (χ2v) is 4.40. The van der Waals surface area contributed by atoms with Crippen LogP contribution in [-0.4, -0.2) is 32.9 Å². The van der Waals surface area contributed by atoms with E-state index in [9.17, 15) is 0 Å². The summed E-state index contributed by atoms with van der Waals surface area (Å²) in [7, 11) is 1.71. The van der Waals surface area contributed by atoms with Crippen LogP contribution in [0.2, 0.25) is 0 Å². The van der Waals surface area contributed by atoms with Gasteiger partial charge in [0.1, 0.15) is 11.9 Å². The van der Waals surface area contributed by atoms with Crippen LogP contribution >= 0.6 is 0 Å². The fraction of sp³-hybridized carbons (Fsp3) is 0.600. The SMILES string of the molecule is CCCNCC(COC)Oc1cccc(CC)c1. The monoisotopic (exact) mass is 251 g/mol. The average Bonchev–Trinajstić information content (AvgIpc) is 2.39. The number of hydrogen-bond acceptors (Lipinski definition) is 3. The van der Waals surface area contributed by atoms with Crippen LogP contribution in [0.3, 0.4) is 0 Å². The lowest BCUT2D eigenvalue weighted by molar-refractivity contribution is 0.0807. The molecule has 0 spiro atoms. The molecule has 0 aliphatic heterocycles. The molecule has 1 aromatic carbocycles. The van der Waals surface area contributed by atoms with Crippen LogP contribution in [-0.2, 0) is 11.2 Å². The number of nitrogens with one attached hydrogen (secondary N) is 1. The summed E-state index contributed by atoms with van der Waals surface area (Å²) in [6.07, 6.45) is 2.22. The highest BCUT2D eigenvalue weighted by molar-refractivity contribution is 5.28. The minimum Gasteiger partial charge on any atom is -0.487 e. The van der Waals surface area contributed by atoms with Crippen molar-refractivity contribution in [3.8, 4) is 5.75 Å². The van der Waals surface area contributed by atoms with Crippen LogP contribution in [0.1, 0.15) is 25.8 Å². The lowest BCUT2D eigenvalue weighted by Gasteiger charge is -2.19. The smallest absolute Gasteiger partial charge is 0.134 e. The lowest BCUT2D eigenvalue weighted by atomic mass is 10.2. The van der Waals surface area contributed by atoms with Crippen molar-refractivity contribution in [2.75, 3.05) is 26.8 Å². The third-order valence-electron chi connectivity index (χ3n) is 2.76. The van der Waals surface area contributed by atoms with Gasteiger partial charge < -0.3 is 14.8 Å². The van der Waals surface area contributed by atoms with E-state index >= 15 is 0 Å². The number of hydrogen-bond donors (Lipinski definition) is 1. The maximum absolute atomic E-state index is 5.96. The lowest BCUT2D eigenvalue weighted by Crippen LogP contribution is -2.35. The molecule has 3 nitrogen and oxygen atoms in total. The standard InChI is InChI=1S/C15H25NO2/c1-4-9-16-11-15(12-17-3)18-14-8-6-7-13(5-2)10-14/h6-8,10,15-16H,4-5,9,11-12H2,1-3H3. The van der Waals surface area contributed by atoms with E-state index in [2.05, 4.69) is 31.3 Å². The summed E-state index contributed by atoms with van der Waals surface area (Å²) in [5.74, 6) is 0.926. The minimum atomic E-state index is 0.0636. The Morgan fingerprint density at radius 3 is 2.78 bits per heavy atom. The fourth-order valence-corrected chi connectivity index (χ4v) is 1.79. The fourth-order valence-electron chi connectivity index (χ4n) is 1.79. The van der Waals surface area contributed by atoms with E-state index in [4.69, 9.17) is 9.47 Å². The minimum absolute atomic E-state index is 0.0636. The summed E-state index contributed by atoms with van der Waals surface area (Å²) < 4.78 is 11.2. The highest BCUT2D eigenvalue weighted by Gasteiger charge is 2.09. The van der Waals surface area contributed by atoms with Crippen molar-refractivity contribution in [3.63, 3.8) is 0 Å². The van der Waals surface area contributed by atoms with Gasteiger partial charge in [0.2, 0.25) is 0 Å². The first-order chi connectivity index (χ1) is 8.80. The van der Waals surface area contributed by atoms with Gasteiger partial charge in [0.25, 0.3) is 0 Å². The van der Waals surface area contributed by atoms with Gasteiger partial charge in [-0.3, -0.25) is 0 Å². The van der Waals surface area contributed by atoms with E-state index in [1.54, 1.807) is 7.11 Å². The van der Waals surface area contributed by atoms with Gasteiger partial charge in [-0.2, -0.15) is 0 Å². The zero-order valence-electron chi connectivity index (χ0n) is 11.7. The van der Waals surface area contributed by atoms with Gasteiger partial charge >= 0.3 is 0 Å². The quantitative estimate of drug-likeness (QED) is 0.684. The number of aryl methyl sites for hydroxylation is 1. The molecule has 0 radical (unpaired) electrons. The summed E-state index contributed by atoms with van der Waals surface area (Å²) in [6.45, 7) is 6.74. The first-order valence-electron chi connectivity index (χ1n) is 6.75. The number of ether oxygens (including phenoxy) is 2. The molecule has 0 saturated heterocycles. The van der Waals surface area contributed by atoms with Gasteiger partial charge in [-0.25, -0.2) is 0 Å². The molecule has 102 valence electrons. The maximum atomic E-state index is 5.96. The summed E-state index contributed by atoms with van der Waals surface area (Å²) in [6, 6.07) is 8.26.